The van der Waals surface area contributed by atoms with E-state index >= 15 is 0 Å². The van der Waals surface area contributed by atoms with Crippen LogP contribution in [0.1, 0.15) is 0 Å². The zero-order valence-corrected chi connectivity index (χ0v) is 15.8. The largest absolute Gasteiger partial charge is 0.351 e. The van der Waals surface area contributed by atoms with Gasteiger partial charge in [0.1, 0.15) is 0 Å². The van der Waals surface area contributed by atoms with Crippen LogP contribution < -0.4 is 15.6 Å². The summed E-state index contributed by atoms with van der Waals surface area (Å²) in [5.41, 5.74) is 6.51. The number of benzene rings is 2. The Morgan fingerprint density at radius 3 is 2.93 bits per heavy atom. The summed E-state index contributed by atoms with van der Waals surface area (Å²) >= 11 is 1.63. The minimum atomic E-state index is 0.621. The normalized spacial score (nSPS) is 11.4. The highest BCUT2D eigenvalue weighted by molar-refractivity contribution is 7.16. The molecule has 0 aliphatic heterocycles. The van der Waals surface area contributed by atoms with Crippen LogP contribution >= 0.6 is 11.3 Å². The summed E-state index contributed by atoms with van der Waals surface area (Å²) in [4.78, 5) is 15.7. The van der Waals surface area contributed by atoms with Crippen LogP contribution in [-0.2, 0) is 0 Å². The molecule has 6 rings (SSSR count). The van der Waals surface area contributed by atoms with E-state index in [-0.39, 0.29) is 0 Å². The summed E-state index contributed by atoms with van der Waals surface area (Å²) in [5, 5.41) is 15.8. The molecule has 140 valence electrons. The van der Waals surface area contributed by atoms with Crippen molar-refractivity contribution in [2.75, 3.05) is 10.6 Å². The van der Waals surface area contributed by atoms with Gasteiger partial charge in [-0.2, -0.15) is 5.10 Å². The van der Waals surface area contributed by atoms with Crippen LogP contribution in [0, 0.1) is 0 Å². The van der Waals surface area contributed by atoms with Crippen LogP contribution in [0.4, 0.5) is 23.1 Å². The Morgan fingerprint density at radius 1 is 1.00 bits per heavy atom. The standard InChI is InChI=1S/C20H14N8S/c1-2-13(7-15-11(1)9-23-28-15)25-20-26-18-14(5-6-21-18)19(27-20)24-12-3-4-17-16(8-12)22-10-29-17/h1-10H,(H,23,28)(H3,21,24,25,26,27)/p+1. The number of rotatable bonds is 4. The van der Waals surface area contributed by atoms with Crippen molar-refractivity contribution < 1.29 is 4.98 Å². The number of aromatic nitrogens is 6. The molecule has 0 bridgehead atoms. The predicted octanol–water partition coefficient (Wildman–Crippen LogP) is 4.35. The maximum absolute atomic E-state index is 4.76. The van der Waals surface area contributed by atoms with Crippen LogP contribution in [-0.4, -0.2) is 25.1 Å². The minimum absolute atomic E-state index is 0.621. The van der Waals surface area contributed by atoms with E-state index in [1.54, 1.807) is 17.5 Å². The van der Waals surface area contributed by atoms with Gasteiger partial charge in [-0.3, -0.25) is 15.4 Å². The van der Waals surface area contributed by atoms with Gasteiger partial charge in [-0.05, 0) is 42.5 Å². The number of thiazole rings is 1. The van der Waals surface area contributed by atoms with Crippen LogP contribution in [0.15, 0.2) is 60.4 Å². The molecule has 4 heterocycles. The topological polar surface area (TPSA) is 108 Å². The lowest BCUT2D eigenvalue weighted by Gasteiger charge is -2.06. The fourth-order valence-electron chi connectivity index (χ4n) is 3.37. The van der Waals surface area contributed by atoms with Gasteiger partial charge < -0.3 is 5.32 Å². The van der Waals surface area contributed by atoms with E-state index in [4.69, 9.17) is 4.98 Å². The molecule has 8 nitrogen and oxygen atoms in total. The maximum atomic E-state index is 4.76. The average molecular weight is 399 g/mol. The second-order valence-corrected chi connectivity index (χ2v) is 7.54. The van der Waals surface area contributed by atoms with Crippen LogP contribution in [0.5, 0.6) is 0 Å². The molecule has 4 aromatic heterocycles. The fraction of sp³-hybridized carbons (Fsp3) is 0. The molecule has 0 aliphatic rings. The second-order valence-electron chi connectivity index (χ2n) is 6.66. The lowest BCUT2D eigenvalue weighted by atomic mass is 10.2. The molecule has 0 amide bonds. The first-order valence-electron chi connectivity index (χ1n) is 9.03. The van der Waals surface area contributed by atoms with Crippen molar-refractivity contribution >= 4 is 66.6 Å². The first-order chi connectivity index (χ1) is 14.3. The van der Waals surface area contributed by atoms with E-state index < -0.39 is 0 Å². The maximum Gasteiger partial charge on any atom is 0.351 e. The first-order valence-corrected chi connectivity index (χ1v) is 9.91. The highest BCUT2D eigenvalue weighted by atomic mass is 32.1. The van der Waals surface area contributed by atoms with Crippen molar-refractivity contribution in [3.63, 3.8) is 0 Å². The molecule has 0 spiro atoms. The molecule has 0 atom stereocenters. The van der Waals surface area contributed by atoms with Crippen molar-refractivity contribution in [1.82, 2.24) is 25.1 Å². The van der Waals surface area contributed by atoms with Gasteiger partial charge in [-0.15, -0.1) is 11.3 Å². The number of nitrogens with one attached hydrogen (secondary N) is 5. The Morgan fingerprint density at radius 2 is 1.93 bits per heavy atom. The monoisotopic (exact) mass is 399 g/mol. The van der Waals surface area contributed by atoms with E-state index in [1.165, 1.54) is 0 Å². The first kappa shape index (κ1) is 16.0. The number of hydrogen-bond donors (Lipinski definition) is 4. The van der Waals surface area contributed by atoms with E-state index in [2.05, 4.69) is 41.8 Å². The zero-order valence-electron chi connectivity index (χ0n) is 15.0. The lowest BCUT2D eigenvalue weighted by molar-refractivity contribution is -0.333. The third kappa shape index (κ3) is 2.84. The molecule has 0 radical (unpaired) electrons. The predicted molar refractivity (Wildman–Crippen MR) is 115 cm³/mol. The van der Waals surface area contributed by atoms with Gasteiger partial charge in [0.15, 0.2) is 0 Å². The lowest BCUT2D eigenvalue weighted by Crippen LogP contribution is -2.15. The molecule has 2 aromatic carbocycles. The third-order valence-electron chi connectivity index (χ3n) is 4.77. The van der Waals surface area contributed by atoms with Gasteiger partial charge >= 0.3 is 5.95 Å². The molecule has 0 saturated heterocycles. The quantitative estimate of drug-likeness (QED) is 0.352. The van der Waals surface area contributed by atoms with Crippen LogP contribution in [0.3, 0.4) is 0 Å². The molecule has 0 saturated carbocycles. The van der Waals surface area contributed by atoms with Gasteiger partial charge in [0.05, 0.1) is 38.5 Å². The van der Waals surface area contributed by atoms with Crippen molar-refractivity contribution in [1.29, 1.82) is 0 Å². The highest BCUT2D eigenvalue weighted by Crippen LogP contribution is 2.27. The summed E-state index contributed by atoms with van der Waals surface area (Å²) < 4.78 is 1.16. The summed E-state index contributed by atoms with van der Waals surface area (Å²) in [7, 11) is 0. The van der Waals surface area contributed by atoms with E-state index in [0.717, 1.165) is 49.3 Å². The van der Waals surface area contributed by atoms with Gasteiger partial charge in [-0.25, -0.2) is 9.97 Å². The summed E-state index contributed by atoms with van der Waals surface area (Å²) in [6.45, 7) is 0. The molecule has 0 fully saturated rings. The van der Waals surface area contributed by atoms with Crippen LogP contribution in [0.2, 0.25) is 0 Å². The van der Waals surface area contributed by atoms with Gasteiger partial charge in [-0.1, -0.05) is 4.98 Å². The summed E-state index contributed by atoms with van der Waals surface area (Å²) in [6.07, 6.45) is 3.69. The van der Waals surface area contributed by atoms with E-state index in [1.807, 2.05) is 48.1 Å². The Kier molecular flexibility index (Phi) is 3.47. The van der Waals surface area contributed by atoms with E-state index in [9.17, 15) is 0 Å². The number of H-pyrrole nitrogens is 3. The molecular formula is C20H15N8S+. The van der Waals surface area contributed by atoms with E-state index in [0.29, 0.717) is 5.95 Å². The Bertz CT molecular complexity index is 1480. The Labute approximate surface area is 168 Å². The van der Waals surface area contributed by atoms with Gasteiger partial charge in [0.2, 0.25) is 11.5 Å². The molecule has 5 N–H and O–H groups in total. The number of anilines is 4. The molecule has 29 heavy (non-hydrogen) atoms. The zero-order chi connectivity index (χ0) is 19.2. The van der Waals surface area contributed by atoms with Crippen molar-refractivity contribution in [2.45, 2.75) is 0 Å². The second kappa shape index (κ2) is 6.28. The molecule has 6 aromatic rings. The average Bonchev–Trinajstić information content (AvgIpc) is 3.47. The summed E-state index contributed by atoms with van der Waals surface area (Å²) in [6, 6.07) is 14.1. The fourth-order valence-corrected chi connectivity index (χ4v) is 4.03. The number of fused-ring (bicyclic) bond motifs is 3. The smallest absolute Gasteiger partial charge is 0.329 e. The van der Waals surface area contributed by atoms with Crippen molar-refractivity contribution in [2.24, 2.45) is 0 Å². The Hall–Kier alpha value is -3.98. The van der Waals surface area contributed by atoms with Crippen LogP contribution in [0.25, 0.3) is 32.2 Å². The highest BCUT2D eigenvalue weighted by Gasteiger charge is 2.15. The Balaban J connectivity index is 1.38. The number of aromatic amines is 3. The van der Waals surface area contributed by atoms with Crippen molar-refractivity contribution in [3.8, 4) is 0 Å². The van der Waals surface area contributed by atoms with Gasteiger partial charge in [0, 0.05) is 17.3 Å². The SMILES string of the molecule is c1cc2c(Nc3ccc4scnc4c3)nc(Nc3ccc4cn[nH]c4c3)[nH+]c2[nH]1. The molecule has 0 unspecified atom stereocenters. The minimum Gasteiger partial charge on any atom is -0.329 e. The molecular weight excluding hydrogens is 384 g/mol. The summed E-state index contributed by atoms with van der Waals surface area (Å²) in [5.74, 6) is 1.37. The molecule has 9 heteroatoms. The van der Waals surface area contributed by atoms with Crippen molar-refractivity contribution in [3.05, 3.63) is 60.4 Å². The van der Waals surface area contributed by atoms with Gasteiger partial charge in [0.25, 0.3) is 0 Å². The number of nitrogens with zero attached hydrogens (tertiary/aromatic N) is 3. The third-order valence-corrected chi connectivity index (χ3v) is 5.58. The number of hydrogen-bond acceptors (Lipinski definition) is 6. The molecule has 0 aliphatic carbocycles.